The van der Waals surface area contributed by atoms with Gasteiger partial charge in [-0.15, -0.1) is 0 Å². The SMILES string of the molecule is Cc1cc(-c2cnc(C)nc2CN(C)C(=O)CN2CCCC2=O)on1. The normalized spacial score (nSPS) is 14.2. The summed E-state index contributed by atoms with van der Waals surface area (Å²) < 4.78 is 5.31. The molecule has 132 valence electrons. The number of amides is 2. The van der Waals surface area contributed by atoms with Crippen molar-refractivity contribution in [3.63, 3.8) is 0 Å². The van der Waals surface area contributed by atoms with Gasteiger partial charge in [0.25, 0.3) is 0 Å². The van der Waals surface area contributed by atoms with Crippen molar-refractivity contribution >= 4 is 11.8 Å². The van der Waals surface area contributed by atoms with Crippen molar-refractivity contribution in [3.8, 4) is 11.3 Å². The minimum atomic E-state index is -0.119. The second-order valence-electron chi connectivity index (χ2n) is 6.28. The third-order valence-electron chi connectivity index (χ3n) is 4.19. The zero-order valence-corrected chi connectivity index (χ0v) is 14.7. The fraction of sp³-hybridized carbons (Fsp3) is 0.471. The minimum absolute atomic E-state index is 0.0393. The van der Waals surface area contributed by atoms with E-state index in [9.17, 15) is 9.59 Å². The third-order valence-corrected chi connectivity index (χ3v) is 4.19. The standard InChI is InChI=1S/C17H21N5O3/c1-11-7-15(25-20-11)13-8-18-12(2)19-14(13)9-21(3)17(24)10-22-6-4-5-16(22)23/h7-8H,4-6,9-10H2,1-3H3. The van der Waals surface area contributed by atoms with Gasteiger partial charge in [0, 0.05) is 32.3 Å². The van der Waals surface area contributed by atoms with Gasteiger partial charge in [-0.3, -0.25) is 9.59 Å². The van der Waals surface area contributed by atoms with Crippen molar-refractivity contribution < 1.29 is 14.1 Å². The van der Waals surface area contributed by atoms with Crippen LogP contribution >= 0.6 is 0 Å². The van der Waals surface area contributed by atoms with Crippen molar-refractivity contribution in [2.45, 2.75) is 33.2 Å². The minimum Gasteiger partial charge on any atom is -0.356 e. The number of likely N-dealkylation sites (tertiary alicyclic amines) is 1. The van der Waals surface area contributed by atoms with E-state index in [0.29, 0.717) is 42.4 Å². The number of nitrogens with zero attached hydrogens (tertiary/aromatic N) is 5. The van der Waals surface area contributed by atoms with Crippen LogP contribution in [0.3, 0.4) is 0 Å². The van der Waals surface area contributed by atoms with E-state index >= 15 is 0 Å². The van der Waals surface area contributed by atoms with Crippen LogP contribution < -0.4 is 0 Å². The first-order valence-electron chi connectivity index (χ1n) is 8.22. The number of hydrogen-bond donors (Lipinski definition) is 0. The maximum Gasteiger partial charge on any atom is 0.242 e. The predicted octanol–water partition coefficient (Wildman–Crippen LogP) is 1.33. The summed E-state index contributed by atoms with van der Waals surface area (Å²) in [6, 6.07) is 1.81. The molecule has 8 heteroatoms. The molecule has 0 unspecified atom stereocenters. The lowest BCUT2D eigenvalue weighted by atomic mass is 10.1. The zero-order chi connectivity index (χ0) is 18.0. The lowest BCUT2D eigenvalue weighted by Crippen LogP contribution is -2.38. The van der Waals surface area contributed by atoms with E-state index < -0.39 is 0 Å². The average Bonchev–Trinajstić information content (AvgIpc) is 3.16. The molecule has 0 atom stereocenters. The van der Waals surface area contributed by atoms with E-state index in [0.717, 1.165) is 12.1 Å². The maximum absolute atomic E-state index is 12.4. The summed E-state index contributed by atoms with van der Waals surface area (Å²) in [5.74, 6) is 1.11. The molecular weight excluding hydrogens is 322 g/mol. The predicted molar refractivity (Wildman–Crippen MR) is 89.3 cm³/mol. The van der Waals surface area contributed by atoms with Crippen LogP contribution in [0.2, 0.25) is 0 Å². The molecule has 0 aromatic carbocycles. The van der Waals surface area contributed by atoms with Crippen LogP contribution in [0, 0.1) is 13.8 Å². The number of carbonyl (C=O) groups is 2. The van der Waals surface area contributed by atoms with Crippen LogP contribution in [0.25, 0.3) is 11.3 Å². The largest absolute Gasteiger partial charge is 0.356 e. The average molecular weight is 343 g/mol. The van der Waals surface area contributed by atoms with E-state index in [1.165, 1.54) is 0 Å². The molecule has 3 rings (SSSR count). The Labute approximate surface area is 145 Å². The first-order chi connectivity index (χ1) is 11.9. The van der Waals surface area contributed by atoms with Gasteiger partial charge in [-0.2, -0.15) is 0 Å². The molecule has 2 amide bonds. The highest BCUT2D eigenvalue weighted by atomic mass is 16.5. The van der Waals surface area contributed by atoms with E-state index in [1.54, 1.807) is 30.0 Å². The van der Waals surface area contributed by atoms with Gasteiger partial charge >= 0.3 is 0 Å². The molecule has 8 nitrogen and oxygen atoms in total. The summed E-state index contributed by atoms with van der Waals surface area (Å²) in [6.07, 6.45) is 3.02. The molecule has 0 bridgehead atoms. The molecule has 1 aliphatic rings. The second-order valence-corrected chi connectivity index (χ2v) is 6.28. The van der Waals surface area contributed by atoms with E-state index in [-0.39, 0.29) is 18.4 Å². The van der Waals surface area contributed by atoms with Gasteiger partial charge in [-0.1, -0.05) is 5.16 Å². The van der Waals surface area contributed by atoms with Crippen LogP contribution in [0.15, 0.2) is 16.8 Å². The Bertz CT molecular complexity index is 801. The lowest BCUT2D eigenvalue weighted by molar-refractivity contribution is -0.137. The van der Waals surface area contributed by atoms with Gasteiger partial charge in [0.05, 0.1) is 30.0 Å². The number of carbonyl (C=O) groups excluding carboxylic acids is 2. The number of aromatic nitrogens is 3. The summed E-state index contributed by atoms with van der Waals surface area (Å²) in [6.45, 7) is 4.69. The second kappa shape index (κ2) is 7.00. The Balaban J connectivity index is 1.76. The summed E-state index contributed by atoms with van der Waals surface area (Å²) in [7, 11) is 1.70. The highest BCUT2D eigenvalue weighted by Gasteiger charge is 2.24. The van der Waals surface area contributed by atoms with E-state index in [4.69, 9.17) is 4.52 Å². The molecule has 0 N–H and O–H groups in total. The van der Waals surface area contributed by atoms with E-state index in [1.807, 2.05) is 13.0 Å². The molecule has 0 aliphatic carbocycles. The molecule has 0 spiro atoms. The molecule has 0 radical (unpaired) electrons. The van der Waals surface area contributed by atoms with Crippen molar-refractivity contribution in [1.29, 1.82) is 0 Å². The Morgan fingerprint density at radius 1 is 1.40 bits per heavy atom. The molecule has 1 aliphatic heterocycles. The molecule has 3 heterocycles. The summed E-state index contributed by atoms with van der Waals surface area (Å²) in [5.41, 5.74) is 2.16. The zero-order valence-electron chi connectivity index (χ0n) is 14.7. The smallest absolute Gasteiger partial charge is 0.242 e. The van der Waals surface area contributed by atoms with Crippen molar-refractivity contribution in [2.24, 2.45) is 0 Å². The van der Waals surface area contributed by atoms with Crippen molar-refractivity contribution in [1.82, 2.24) is 24.9 Å². The molecule has 2 aromatic rings. The molecule has 25 heavy (non-hydrogen) atoms. The molecule has 2 aromatic heterocycles. The van der Waals surface area contributed by atoms with Crippen LogP contribution in [-0.2, 0) is 16.1 Å². The third kappa shape index (κ3) is 3.84. The van der Waals surface area contributed by atoms with Crippen molar-refractivity contribution in [2.75, 3.05) is 20.1 Å². The van der Waals surface area contributed by atoms with Gasteiger partial charge in [0.2, 0.25) is 11.8 Å². The maximum atomic E-state index is 12.4. The Morgan fingerprint density at radius 2 is 2.20 bits per heavy atom. The molecule has 0 saturated carbocycles. The van der Waals surface area contributed by atoms with Gasteiger partial charge < -0.3 is 14.3 Å². The van der Waals surface area contributed by atoms with Crippen LogP contribution in [0.4, 0.5) is 0 Å². The van der Waals surface area contributed by atoms with Crippen molar-refractivity contribution in [3.05, 3.63) is 29.5 Å². The number of rotatable bonds is 5. The fourth-order valence-corrected chi connectivity index (χ4v) is 2.80. The van der Waals surface area contributed by atoms with Gasteiger partial charge in [-0.05, 0) is 20.3 Å². The first-order valence-corrected chi connectivity index (χ1v) is 8.22. The Hall–Kier alpha value is -2.77. The lowest BCUT2D eigenvalue weighted by Gasteiger charge is -2.22. The van der Waals surface area contributed by atoms with Crippen LogP contribution in [-0.4, -0.2) is 56.9 Å². The van der Waals surface area contributed by atoms with Crippen LogP contribution in [0.5, 0.6) is 0 Å². The quantitative estimate of drug-likeness (QED) is 0.813. The number of hydrogen-bond acceptors (Lipinski definition) is 6. The van der Waals surface area contributed by atoms with Crippen LogP contribution in [0.1, 0.15) is 30.1 Å². The van der Waals surface area contributed by atoms with Gasteiger partial charge in [0.1, 0.15) is 5.82 Å². The topological polar surface area (TPSA) is 92.4 Å². The highest BCUT2D eigenvalue weighted by molar-refractivity contribution is 5.85. The fourth-order valence-electron chi connectivity index (χ4n) is 2.80. The number of aryl methyl sites for hydroxylation is 2. The first kappa shape index (κ1) is 17.1. The Kier molecular flexibility index (Phi) is 4.78. The highest BCUT2D eigenvalue weighted by Crippen LogP contribution is 2.23. The molecule has 1 fully saturated rings. The molecule has 1 saturated heterocycles. The Morgan fingerprint density at radius 3 is 2.84 bits per heavy atom. The number of likely N-dealkylation sites (N-methyl/N-ethyl adjacent to an activating group) is 1. The van der Waals surface area contributed by atoms with Gasteiger partial charge in [0.15, 0.2) is 5.76 Å². The summed E-state index contributed by atoms with van der Waals surface area (Å²) in [5, 5.41) is 3.89. The van der Waals surface area contributed by atoms with Gasteiger partial charge in [-0.25, -0.2) is 9.97 Å². The van der Waals surface area contributed by atoms with E-state index in [2.05, 4.69) is 15.1 Å². The summed E-state index contributed by atoms with van der Waals surface area (Å²) >= 11 is 0. The summed E-state index contributed by atoms with van der Waals surface area (Å²) in [4.78, 5) is 36.0. The monoisotopic (exact) mass is 343 g/mol. The molecular formula is C17H21N5O3.